The number of benzene rings is 1. The molecule has 0 aromatic heterocycles. The summed E-state index contributed by atoms with van der Waals surface area (Å²) in [7, 11) is 0. The highest BCUT2D eigenvalue weighted by Crippen LogP contribution is 2.27. The fourth-order valence-electron chi connectivity index (χ4n) is 3.15. The first-order chi connectivity index (χ1) is 9.13. The van der Waals surface area contributed by atoms with E-state index in [0.717, 1.165) is 26.2 Å². The molecule has 0 unspecified atom stereocenters. The predicted octanol–water partition coefficient (Wildman–Crippen LogP) is 0.576. The monoisotopic (exact) mass is 263 g/mol. The summed E-state index contributed by atoms with van der Waals surface area (Å²) < 4.78 is 13.9. The molecule has 2 fully saturated rings. The van der Waals surface area contributed by atoms with Gasteiger partial charge in [-0.2, -0.15) is 0 Å². The van der Waals surface area contributed by atoms with Crippen molar-refractivity contribution in [2.45, 2.75) is 6.54 Å². The Morgan fingerprint density at radius 3 is 2.63 bits per heavy atom. The fraction of sp³-hybridized carbons (Fsp3) is 0.500. The molecule has 2 heterocycles. The van der Waals surface area contributed by atoms with Crippen LogP contribution in [0.25, 0.3) is 0 Å². The van der Waals surface area contributed by atoms with E-state index in [1.807, 2.05) is 0 Å². The van der Waals surface area contributed by atoms with Gasteiger partial charge >= 0.3 is 0 Å². The summed E-state index contributed by atoms with van der Waals surface area (Å²) in [5, 5.41) is 3.39. The van der Waals surface area contributed by atoms with Gasteiger partial charge in [0, 0.05) is 30.8 Å². The maximum absolute atomic E-state index is 13.9. The molecular formula is C14H18FN3O. The Balaban J connectivity index is 1.69. The van der Waals surface area contributed by atoms with E-state index in [1.165, 1.54) is 6.07 Å². The van der Waals surface area contributed by atoms with Crippen molar-refractivity contribution in [3.8, 4) is 0 Å². The van der Waals surface area contributed by atoms with Crippen molar-refractivity contribution in [3.05, 3.63) is 35.1 Å². The van der Waals surface area contributed by atoms with Gasteiger partial charge in [0.15, 0.2) is 0 Å². The minimum Gasteiger partial charge on any atom is -0.366 e. The van der Waals surface area contributed by atoms with E-state index in [9.17, 15) is 9.18 Å². The Morgan fingerprint density at radius 2 is 2.05 bits per heavy atom. The van der Waals surface area contributed by atoms with Crippen LogP contribution in [0, 0.1) is 17.7 Å². The highest BCUT2D eigenvalue weighted by atomic mass is 19.1. The van der Waals surface area contributed by atoms with Crippen LogP contribution in [0.3, 0.4) is 0 Å². The van der Waals surface area contributed by atoms with Gasteiger partial charge < -0.3 is 11.1 Å². The van der Waals surface area contributed by atoms with E-state index < -0.39 is 5.91 Å². The number of carbonyl (C=O) groups excluding carboxylic acids is 1. The normalized spacial score (nSPS) is 26.6. The molecule has 3 rings (SSSR count). The molecule has 102 valence electrons. The van der Waals surface area contributed by atoms with Crippen molar-refractivity contribution in [2.75, 3.05) is 26.2 Å². The second kappa shape index (κ2) is 4.90. The number of hydrogen-bond donors (Lipinski definition) is 2. The highest BCUT2D eigenvalue weighted by Gasteiger charge is 2.35. The van der Waals surface area contributed by atoms with Crippen molar-refractivity contribution in [3.63, 3.8) is 0 Å². The smallest absolute Gasteiger partial charge is 0.248 e. The summed E-state index contributed by atoms with van der Waals surface area (Å²) in [4.78, 5) is 13.3. The Labute approximate surface area is 111 Å². The maximum Gasteiger partial charge on any atom is 0.248 e. The molecule has 2 aliphatic rings. The summed E-state index contributed by atoms with van der Waals surface area (Å²) in [6, 6.07) is 4.50. The van der Waals surface area contributed by atoms with Crippen LogP contribution in [0.5, 0.6) is 0 Å². The Bertz CT molecular complexity index is 493. The first-order valence-electron chi connectivity index (χ1n) is 6.65. The summed E-state index contributed by atoms with van der Waals surface area (Å²) in [5.41, 5.74) is 6.00. The zero-order valence-corrected chi connectivity index (χ0v) is 10.7. The number of halogens is 1. The third-order valence-electron chi connectivity index (χ3n) is 4.20. The zero-order chi connectivity index (χ0) is 13.4. The lowest BCUT2D eigenvalue weighted by Crippen LogP contribution is -2.26. The molecule has 0 radical (unpaired) electrons. The fourth-order valence-corrected chi connectivity index (χ4v) is 3.15. The van der Waals surface area contributed by atoms with Crippen molar-refractivity contribution in [2.24, 2.45) is 17.6 Å². The molecule has 5 heteroatoms. The molecule has 0 bridgehead atoms. The molecule has 1 aromatic carbocycles. The SMILES string of the molecule is NC(=O)c1ccc(CN2C[C@H]3CNC[C@H]3C2)c(F)c1. The largest absolute Gasteiger partial charge is 0.366 e. The van der Waals surface area contributed by atoms with Crippen LogP contribution in [-0.2, 0) is 6.54 Å². The maximum atomic E-state index is 13.9. The molecule has 1 aromatic rings. The summed E-state index contributed by atoms with van der Waals surface area (Å²) in [6.07, 6.45) is 0. The third-order valence-corrected chi connectivity index (χ3v) is 4.20. The lowest BCUT2D eigenvalue weighted by atomic mass is 10.0. The number of rotatable bonds is 3. The molecule has 2 aliphatic heterocycles. The van der Waals surface area contributed by atoms with Gasteiger partial charge in [-0.1, -0.05) is 6.07 Å². The Kier molecular flexibility index (Phi) is 3.24. The van der Waals surface area contributed by atoms with Crippen molar-refractivity contribution < 1.29 is 9.18 Å². The molecule has 0 spiro atoms. The van der Waals surface area contributed by atoms with Crippen molar-refractivity contribution in [1.29, 1.82) is 0 Å². The minimum atomic E-state index is -0.591. The molecule has 2 saturated heterocycles. The average molecular weight is 263 g/mol. The van der Waals surface area contributed by atoms with Gasteiger partial charge in [-0.05, 0) is 37.1 Å². The second-order valence-electron chi connectivity index (χ2n) is 5.54. The number of nitrogens with two attached hydrogens (primary N) is 1. The zero-order valence-electron chi connectivity index (χ0n) is 10.7. The summed E-state index contributed by atoms with van der Waals surface area (Å²) in [5.74, 6) is 0.472. The Morgan fingerprint density at radius 1 is 1.37 bits per heavy atom. The lowest BCUT2D eigenvalue weighted by molar-refractivity contribution is 0.1000. The number of likely N-dealkylation sites (tertiary alicyclic amines) is 1. The van der Waals surface area contributed by atoms with Gasteiger partial charge in [-0.15, -0.1) is 0 Å². The van der Waals surface area contributed by atoms with Crippen LogP contribution in [0.4, 0.5) is 4.39 Å². The number of primary amides is 1. The number of nitrogens with one attached hydrogen (secondary N) is 1. The highest BCUT2D eigenvalue weighted by molar-refractivity contribution is 5.92. The summed E-state index contributed by atoms with van der Waals surface area (Å²) in [6.45, 7) is 4.80. The van der Waals surface area contributed by atoms with Crippen LogP contribution in [-0.4, -0.2) is 37.0 Å². The van der Waals surface area contributed by atoms with Crippen LogP contribution in [0.2, 0.25) is 0 Å². The van der Waals surface area contributed by atoms with Crippen molar-refractivity contribution >= 4 is 5.91 Å². The first-order valence-corrected chi connectivity index (χ1v) is 6.65. The van der Waals surface area contributed by atoms with E-state index in [-0.39, 0.29) is 11.4 Å². The second-order valence-corrected chi connectivity index (χ2v) is 5.54. The van der Waals surface area contributed by atoms with E-state index in [2.05, 4.69) is 10.2 Å². The van der Waals surface area contributed by atoms with E-state index >= 15 is 0 Å². The summed E-state index contributed by atoms with van der Waals surface area (Å²) >= 11 is 0. The molecular weight excluding hydrogens is 245 g/mol. The number of nitrogens with zero attached hydrogens (tertiary/aromatic N) is 1. The lowest BCUT2D eigenvalue weighted by Gasteiger charge is -2.17. The quantitative estimate of drug-likeness (QED) is 0.838. The van der Waals surface area contributed by atoms with Crippen LogP contribution < -0.4 is 11.1 Å². The Hall–Kier alpha value is -1.46. The topological polar surface area (TPSA) is 58.4 Å². The molecule has 2 atom stereocenters. The first kappa shape index (κ1) is 12.6. The molecule has 0 saturated carbocycles. The molecule has 4 nitrogen and oxygen atoms in total. The number of carbonyl (C=O) groups is 1. The van der Waals surface area contributed by atoms with Gasteiger partial charge in [0.25, 0.3) is 0 Å². The van der Waals surface area contributed by atoms with Gasteiger partial charge in [-0.3, -0.25) is 9.69 Å². The van der Waals surface area contributed by atoms with Crippen LogP contribution in [0.1, 0.15) is 15.9 Å². The predicted molar refractivity (Wildman–Crippen MR) is 70.0 cm³/mol. The third kappa shape index (κ3) is 2.48. The van der Waals surface area contributed by atoms with Crippen LogP contribution in [0.15, 0.2) is 18.2 Å². The van der Waals surface area contributed by atoms with E-state index in [4.69, 9.17) is 5.73 Å². The molecule has 3 N–H and O–H groups in total. The van der Waals surface area contributed by atoms with Crippen molar-refractivity contribution in [1.82, 2.24) is 10.2 Å². The van der Waals surface area contributed by atoms with Gasteiger partial charge in [0.05, 0.1) is 0 Å². The van der Waals surface area contributed by atoms with E-state index in [0.29, 0.717) is 23.9 Å². The molecule has 19 heavy (non-hydrogen) atoms. The minimum absolute atomic E-state index is 0.226. The van der Waals surface area contributed by atoms with Crippen LogP contribution >= 0.6 is 0 Å². The number of fused-ring (bicyclic) bond motifs is 1. The van der Waals surface area contributed by atoms with Gasteiger partial charge in [0.2, 0.25) is 5.91 Å². The molecule has 0 aliphatic carbocycles. The number of hydrogen-bond acceptors (Lipinski definition) is 3. The van der Waals surface area contributed by atoms with Gasteiger partial charge in [0.1, 0.15) is 5.82 Å². The van der Waals surface area contributed by atoms with Gasteiger partial charge in [-0.25, -0.2) is 4.39 Å². The number of amides is 1. The molecule has 1 amide bonds. The standard InChI is InChI=1S/C14H18FN3O/c15-13-3-9(14(16)19)1-2-10(13)6-18-7-11-4-17-5-12(11)8-18/h1-3,11-12,17H,4-8H2,(H2,16,19)/t11-,12+. The van der Waals surface area contributed by atoms with E-state index in [1.54, 1.807) is 12.1 Å². The average Bonchev–Trinajstić information content (AvgIpc) is 2.92.